The van der Waals surface area contributed by atoms with Gasteiger partial charge in [0.05, 0.1) is 29.4 Å². The number of fused-ring (bicyclic) bond motifs is 2. The third kappa shape index (κ3) is 5.85. The first-order chi connectivity index (χ1) is 18.7. The number of likely N-dealkylation sites (tertiary alicyclic amines) is 1. The quantitative estimate of drug-likeness (QED) is 0.347. The van der Waals surface area contributed by atoms with Gasteiger partial charge in [0.15, 0.2) is 11.5 Å². The van der Waals surface area contributed by atoms with E-state index in [0.717, 1.165) is 55.6 Å². The van der Waals surface area contributed by atoms with Crippen molar-refractivity contribution in [1.29, 1.82) is 0 Å². The molecule has 8 nitrogen and oxygen atoms in total. The highest BCUT2D eigenvalue weighted by atomic mass is 16.6. The number of ether oxygens (including phenoxy) is 2. The van der Waals surface area contributed by atoms with Gasteiger partial charge >= 0.3 is 6.09 Å². The monoisotopic (exact) mass is 529 g/mol. The van der Waals surface area contributed by atoms with Crippen molar-refractivity contribution >= 4 is 40.6 Å². The molecule has 1 fully saturated rings. The average Bonchev–Trinajstić information content (AvgIpc) is 3.47. The molecule has 0 bridgehead atoms. The van der Waals surface area contributed by atoms with Crippen molar-refractivity contribution in [3.05, 3.63) is 59.4 Å². The predicted molar refractivity (Wildman–Crippen MR) is 152 cm³/mol. The predicted octanol–water partition coefficient (Wildman–Crippen LogP) is 8.18. The number of amides is 1. The van der Waals surface area contributed by atoms with Crippen LogP contribution in [0.1, 0.15) is 63.3 Å². The molecule has 1 N–H and O–H groups in total. The number of hydrogen-bond acceptors (Lipinski definition) is 7. The SMILES string of the molecule is COc1ccc2c(O)c(C=C3N=Nc4ccccc43)oc2c1/C=C\CCC1CCN(C(=O)OC(C)(C)C)CC1. The Kier molecular flexibility index (Phi) is 7.46. The van der Waals surface area contributed by atoms with Gasteiger partial charge < -0.3 is 23.9 Å². The van der Waals surface area contributed by atoms with E-state index in [1.54, 1.807) is 19.3 Å². The zero-order chi connectivity index (χ0) is 27.6. The largest absolute Gasteiger partial charge is 0.504 e. The van der Waals surface area contributed by atoms with Gasteiger partial charge in [-0.05, 0) is 70.6 Å². The maximum absolute atomic E-state index is 12.3. The maximum atomic E-state index is 12.3. The minimum atomic E-state index is -0.474. The van der Waals surface area contributed by atoms with Crippen molar-refractivity contribution in [2.45, 2.75) is 52.1 Å². The van der Waals surface area contributed by atoms with E-state index < -0.39 is 5.60 Å². The van der Waals surface area contributed by atoms with Crippen molar-refractivity contribution in [3.8, 4) is 11.5 Å². The fraction of sp³-hybridized carbons (Fsp3) is 0.387. The lowest BCUT2D eigenvalue weighted by atomic mass is 9.92. The molecule has 0 spiro atoms. The molecule has 3 aromatic rings. The number of furan rings is 1. The van der Waals surface area contributed by atoms with Crippen molar-refractivity contribution in [2.24, 2.45) is 16.1 Å². The molecular formula is C31H35N3O5. The molecule has 8 heteroatoms. The summed E-state index contributed by atoms with van der Waals surface area (Å²) in [7, 11) is 1.62. The molecule has 0 saturated carbocycles. The Morgan fingerprint density at radius 3 is 2.67 bits per heavy atom. The number of carbonyl (C=O) groups excluding carboxylic acids is 1. The van der Waals surface area contributed by atoms with Crippen LogP contribution in [0, 0.1) is 5.92 Å². The minimum absolute atomic E-state index is 0.0612. The Morgan fingerprint density at radius 2 is 1.92 bits per heavy atom. The number of aromatic hydroxyl groups is 1. The van der Waals surface area contributed by atoms with Gasteiger partial charge in [-0.3, -0.25) is 0 Å². The standard InChI is InChI=1S/C31H35N3O5/c1-31(2,3)39-30(36)34-17-15-20(16-18-34)9-5-6-11-22-26(37-4)14-13-23-28(35)27(38-29(22)23)19-25-21-10-7-8-12-24(21)32-33-25/h6-8,10-14,19-20,35H,5,9,15-18H2,1-4H3/b11-6-,25-19?. The molecule has 0 atom stereocenters. The van der Waals surface area contributed by atoms with E-state index in [1.165, 1.54) is 0 Å². The number of carbonyl (C=O) groups is 1. The van der Waals surface area contributed by atoms with E-state index in [4.69, 9.17) is 13.9 Å². The molecule has 0 radical (unpaired) electrons. The lowest BCUT2D eigenvalue weighted by Crippen LogP contribution is -2.41. The van der Waals surface area contributed by atoms with Gasteiger partial charge in [0.2, 0.25) is 0 Å². The third-order valence-corrected chi connectivity index (χ3v) is 7.08. The second-order valence-corrected chi connectivity index (χ2v) is 11.0. The van der Waals surface area contributed by atoms with Crippen LogP contribution in [0.4, 0.5) is 10.5 Å². The van der Waals surface area contributed by atoms with Gasteiger partial charge in [0.1, 0.15) is 16.9 Å². The molecule has 2 aromatic carbocycles. The molecule has 1 saturated heterocycles. The molecule has 0 unspecified atom stereocenters. The molecule has 39 heavy (non-hydrogen) atoms. The third-order valence-electron chi connectivity index (χ3n) is 7.08. The summed E-state index contributed by atoms with van der Waals surface area (Å²) >= 11 is 0. The van der Waals surface area contributed by atoms with Crippen molar-refractivity contribution in [3.63, 3.8) is 0 Å². The first-order valence-electron chi connectivity index (χ1n) is 13.4. The fourth-order valence-electron chi connectivity index (χ4n) is 5.04. The maximum Gasteiger partial charge on any atom is 0.410 e. The lowest BCUT2D eigenvalue weighted by molar-refractivity contribution is 0.0181. The summed E-state index contributed by atoms with van der Waals surface area (Å²) in [5.74, 6) is 1.62. The highest BCUT2D eigenvalue weighted by Gasteiger charge is 2.26. The van der Waals surface area contributed by atoms with Crippen LogP contribution in [0.15, 0.2) is 57.1 Å². The first-order valence-corrected chi connectivity index (χ1v) is 13.4. The Bertz CT molecular complexity index is 1450. The highest BCUT2D eigenvalue weighted by molar-refractivity contribution is 5.97. The summed E-state index contributed by atoms with van der Waals surface area (Å²) in [6, 6.07) is 11.3. The second kappa shape index (κ2) is 11.0. The van der Waals surface area contributed by atoms with Crippen LogP contribution >= 0.6 is 0 Å². The van der Waals surface area contributed by atoms with E-state index in [9.17, 15) is 9.90 Å². The van der Waals surface area contributed by atoms with Crippen LogP contribution < -0.4 is 4.74 Å². The topological polar surface area (TPSA) is 96.9 Å². The number of nitrogens with zero attached hydrogens (tertiary/aromatic N) is 3. The van der Waals surface area contributed by atoms with Crippen LogP contribution in [0.5, 0.6) is 11.5 Å². The number of piperidine rings is 1. The molecule has 0 aliphatic carbocycles. The first kappa shape index (κ1) is 26.5. The molecule has 5 rings (SSSR count). The smallest absolute Gasteiger partial charge is 0.410 e. The minimum Gasteiger partial charge on any atom is -0.504 e. The highest BCUT2D eigenvalue weighted by Crippen LogP contribution is 2.42. The van der Waals surface area contributed by atoms with Crippen LogP contribution in [-0.4, -0.2) is 41.9 Å². The summed E-state index contributed by atoms with van der Waals surface area (Å²) in [6.45, 7) is 7.13. The van der Waals surface area contributed by atoms with E-state index in [-0.39, 0.29) is 11.8 Å². The number of azo groups is 1. The van der Waals surface area contributed by atoms with Gasteiger partial charge in [-0.2, -0.15) is 0 Å². The summed E-state index contributed by atoms with van der Waals surface area (Å²) in [5.41, 5.74) is 3.19. The van der Waals surface area contributed by atoms with Crippen molar-refractivity contribution in [1.82, 2.24) is 4.90 Å². The summed E-state index contributed by atoms with van der Waals surface area (Å²) in [6.07, 6.45) is 9.47. The van der Waals surface area contributed by atoms with Gasteiger partial charge in [0, 0.05) is 24.7 Å². The summed E-state index contributed by atoms with van der Waals surface area (Å²) in [5, 5.41) is 20.0. The number of methoxy groups -OCH3 is 1. The zero-order valence-electron chi connectivity index (χ0n) is 22.9. The van der Waals surface area contributed by atoms with Crippen LogP contribution in [0.25, 0.3) is 28.8 Å². The molecule has 3 heterocycles. The lowest BCUT2D eigenvalue weighted by Gasteiger charge is -2.33. The molecule has 2 aliphatic heterocycles. The van der Waals surface area contributed by atoms with Crippen LogP contribution in [0.2, 0.25) is 0 Å². The van der Waals surface area contributed by atoms with E-state index in [2.05, 4.69) is 16.3 Å². The normalized spacial score (nSPS) is 16.9. The van der Waals surface area contributed by atoms with Gasteiger partial charge in [-0.25, -0.2) is 4.79 Å². The van der Waals surface area contributed by atoms with E-state index in [1.807, 2.05) is 62.1 Å². The van der Waals surface area contributed by atoms with Gasteiger partial charge in [-0.1, -0.05) is 30.4 Å². The van der Waals surface area contributed by atoms with Gasteiger partial charge in [0.25, 0.3) is 0 Å². The molecule has 2 aliphatic rings. The average molecular weight is 530 g/mol. The molecule has 204 valence electrons. The number of benzene rings is 2. The van der Waals surface area contributed by atoms with Crippen LogP contribution in [0.3, 0.4) is 0 Å². The van der Waals surface area contributed by atoms with Crippen molar-refractivity contribution in [2.75, 3.05) is 20.2 Å². The fourth-order valence-corrected chi connectivity index (χ4v) is 5.04. The Morgan fingerprint density at radius 1 is 1.15 bits per heavy atom. The van der Waals surface area contributed by atoms with E-state index >= 15 is 0 Å². The Labute approximate surface area is 228 Å². The summed E-state index contributed by atoms with van der Waals surface area (Å²) < 4.78 is 17.3. The molecular weight excluding hydrogens is 494 g/mol. The molecule has 1 amide bonds. The van der Waals surface area contributed by atoms with Crippen molar-refractivity contribution < 1.29 is 23.8 Å². The Balaban J connectivity index is 1.27. The summed E-state index contributed by atoms with van der Waals surface area (Å²) in [4.78, 5) is 14.1. The number of hydrogen-bond donors (Lipinski definition) is 1. The Hall–Kier alpha value is -4.07. The van der Waals surface area contributed by atoms with E-state index in [0.29, 0.717) is 34.1 Å². The number of rotatable bonds is 6. The zero-order valence-corrected chi connectivity index (χ0v) is 22.9. The molecule has 1 aromatic heterocycles. The second-order valence-electron chi connectivity index (χ2n) is 11.0. The number of allylic oxidation sites excluding steroid dienone is 1. The van der Waals surface area contributed by atoms with Gasteiger partial charge in [-0.15, -0.1) is 10.2 Å². The van der Waals surface area contributed by atoms with Crippen LogP contribution in [-0.2, 0) is 4.74 Å².